The van der Waals surface area contributed by atoms with Gasteiger partial charge in [0.2, 0.25) is 0 Å². The number of non-ortho nitro benzene ring substituents is 1. The predicted octanol–water partition coefficient (Wildman–Crippen LogP) is 3.10. The van der Waals surface area contributed by atoms with Gasteiger partial charge >= 0.3 is 10.1 Å². The minimum absolute atomic E-state index is 0.202. The average Bonchev–Trinajstić information content (AvgIpc) is 2.53. The van der Waals surface area contributed by atoms with Crippen LogP contribution in [0.25, 0.3) is 0 Å². The van der Waals surface area contributed by atoms with Crippen LogP contribution < -0.4 is 0 Å². The lowest BCUT2D eigenvalue weighted by molar-refractivity contribution is -0.385. The highest BCUT2D eigenvalue weighted by atomic mass is 79.9. The van der Waals surface area contributed by atoms with Crippen LogP contribution in [-0.4, -0.2) is 34.0 Å². The minimum atomic E-state index is -4.35. The summed E-state index contributed by atoms with van der Waals surface area (Å²) in [5, 5.41) is 14.4. The molecule has 0 aromatic heterocycles. The molecule has 0 heterocycles. The third-order valence-electron chi connectivity index (χ3n) is 3.50. The molecule has 0 amide bonds. The lowest BCUT2D eigenvalue weighted by Gasteiger charge is -2.30. The lowest BCUT2D eigenvalue weighted by Crippen LogP contribution is -2.45. The van der Waals surface area contributed by atoms with E-state index < -0.39 is 29.1 Å². The Morgan fingerprint density at radius 3 is 2.64 bits per heavy atom. The van der Waals surface area contributed by atoms with Crippen molar-refractivity contribution in [1.82, 2.24) is 0 Å². The molecule has 25 heavy (non-hydrogen) atoms. The van der Waals surface area contributed by atoms with Crippen LogP contribution in [0.3, 0.4) is 0 Å². The van der Waals surface area contributed by atoms with Crippen molar-refractivity contribution in [3.8, 4) is 0 Å². The molecule has 11 heteroatoms. The maximum absolute atomic E-state index is 12.2. The first-order valence-corrected chi connectivity index (χ1v) is 9.90. The summed E-state index contributed by atoms with van der Waals surface area (Å²) in [4.78, 5) is 21.0. The summed E-state index contributed by atoms with van der Waals surface area (Å²) < 4.78 is 28.1. The van der Waals surface area contributed by atoms with Crippen LogP contribution in [-0.2, 0) is 19.2 Å². The Hall–Kier alpha value is -1.59. The van der Waals surface area contributed by atoms with E-state index in [1.165, 1.54) is 12.1 Å². The zero-order chi connectivity index (χ0) is 19.0. The highest BCUT2D eigenvalue weighted by Gasteiger charge is 2.43. The Kier molecular flexibility index (Phi) is 5.50. The van der Waals surface area contributed by atoms with Crippen LogP contribution in [0.1, 0.15) is 13.8 Å². The summed E-state index contributed by atoms with van der Waals surface area (Å²) in [6, 6.07) is 4.43. The first-order valence-electron chi connectivity index (χ1n) is 6.79. The van der Waals surface area contributed by atoms with Crippen molar-refractivity contribution in [2.75, 3.05) is 0 Å². The number of ketones is 1. The molecule has 0 saturated carbocycles. The second kappa shape index (κ2) is 6.96. The van der Waals surface area contributed by atoms with E-state index in [1.807, 2.05) is 0 Å². The molecule has 0 radical (unpaired) electrons. The highest BCUT2D eigenvalue weighted by molar-refractivity contribution is 9.13. The van der Waals surface area contributed by atoms with Gasteiger partial charge in [-0.2, -0.15) is 8.42 Å². The van der Waals surface area contributed by atoms with Crippen molar-refractivity contribution in [3.05, 3.63) is 46.0 Å². The molecule has 2 unspecified atom stereocenters. The Labute approximate surface area is 160 Å². The largest absolute Gasteiger partial charge is 0.358 e. The van der Waals surface area contributed by atoms with Gasteiger partial charge in [0, 0.05) is 12.1 Å². The summed E-state index contributed by atoms with van der Waals surface area (Å²) in [6.07, 6.45) is 1.33. The van der Waals surface area contributed by atoms with Crippen molar-refractivity contribution in [2.24, 2.45) is 5.16 Å². The van der Waals surface area contributed by atoms with Crippen molar-refractivity contribution in [3.63, 3.8) is 0 Å². The van der Waals surface area contributed by atoms with Gasteiger partial charge < -0.3 is 0 Å². The summed E-state index contributed by atoms with van der Waals surface area (Å²) in [7, 11) is -4.35. The molecule has 1 aliphatic rings. The van der Waals surface area contributed by atoms with Gasteiger partial charge in [0.25, 0.3) is 5.69 Å². The number of allylic oxidation sites excluding steroid dienone is 2. The fraction of sp³-hybridized carbons (Fsp3) is 0.286. The van der Waals surface area contributed by atoms with Gasteiger partial charge in [-0.15, -0.1) is 0 Å². The minimum Gasteiger partial charge on any atom is -0.293 e. The fourth-order valence-corrected chi connectivity index (χ4v) is 3.77. The molecule has 0 aliphatic heterocycles. The standard InChI is InChI=1S/C14H12Br2N2O6S/c1-8-6-11(19)14(2,16)13(15)12(8)17-24-25(22,23)10-5-3-4-9(7-10)18(20)21/h3-7,13H,1-2H3. The lowest BCUT2D eigenvalue weighted by atomic mass is 9.88. The Morgan fingerprint density at radius 1 is 1.40 bits per heavy atom. The Bertz CT molecular complexity index is 908. The van der Waals surface area contributed by atoms with Crippen molar-refractivity contribution in [2.45, 2.75) is 27.9 Å². The number of carbonyl (C=O) groups is 1. The number of oxime groups is 1. The van der Waals surface area contributed by atoms with E-state index in [0.29, 0.717) is 5.57 Å². The topological polar surface area (TPSA) is 116 Å². The van der Waals surface area contributed by atoms with Gasteiger partial charge in [0.15, 0.2) is 5.78 Å². The number of carbonyl (C=O) groups excluding carboxylic acids is 1. The maximum Gasteiger partial charge on any atom is 0.358 e. The number of rotatable bonds is 4. The van der Waals surface area contributed by atoms with Crippen LogP contribution in [0, 0.1) is 10.1 Å². The second-order valence-electron chi connectivity index (χ2n) is 5.39. The quantitative estimate of drug-likeness (QED) is 0.360. The first kappa shape index (κ1) is 19.7. The van der Waals surface area contributed by atoms with Gasteiger partial charge in [-0.1, -0.05) is 43.1 Å². The highest BCUT2D eigenvalue weighted by Crippen LogP contribution is 2.36. The molecule has 0 saturated heterocycles. The Morgan fingerprint density at radius 2 is 2.04 bits per heavy atom. The first-order chi connectivity index (χ1) is 11.5. The van der Waals surface area contributed by atoms with E-state index >= 15 is 0 Å². The molecular weight excluding hydrogens is 484 g/mol. The van der Waals surface area contributed by atoms with E-state index in [9.17, 15) is 23.3 Å². The number of alkyl halides is 2. The normalized spacial score (nSPS) is 25.6. The summed E-state index contributed by atoms with van der Waals surface area (Å²) in [5.41, 5.74) is 0.272. The molecule has 1 aromatic rings. The SMILES string of the molecule is CC1=CC(=O)C(C)(Br)C(Br)C1=NOS(=O)(=O)c1cccc([N+](=O)[O-])c1. The fourth-order valence-electron chi connectivity index (χ4n) is 2.00. The molecule has 0 bridgehead atoms. The molecule has 134 valence electrons. The molecule has 2 atom stereocenters. The molecule has 2 rings (SSSR count). The van der Waals surface area contributed by atoms with Gasteiger partial charge in [-0.25, -0.2) is 0 Å². The number of halogens is 2. The van der Waals surface area contributed by atoms with Crippen LogP contribution in [0.2, 0.25) is 0 Å². The van der Waals surface area contributed by atoms with Crippen molar-refractivity contribution in [1.29, 1.82) is 0 Å². The molecule has 1 aromatic carbocycles. The average molecular weight is 496 g/mol. The van der Waals surface area contributed by atoms with Gasteiger partial charge in [0.1, 0.15) is 9.22 Å². The third-order valence-corrected chi connectivity index (χ3v) is 7.41. The zero-order valence-corrected chi connectivity index (χ0v) is 17.0. The molecular formula is C14H12Br2N2O6S. The van der Waals surface area contributed by atoms with Crippen molar-refractivity contribution < 1.29 is 22.4 Å². The molecule has 8 nitrogen and oxygen atoms in total. The van der Waals surface area contributed by atoms with E-state index in [1.54, 1.807) is 13.8 Å². The molecule has 0 fully saturated rings. The van der Waals surface area contributed by atoms with E-state index in [2.05, 4.69) is 37.0 Å². The predicted molar refractivity (Wildman–Crippen MR) is 97.6 cm³/mol. The van der Waals surface area contributed by atoms with Gasteiger partial charge in [-0.05, 0) is 31.6 Å². The number of benzene rings is 1. The van der Waals surface area contributed by atoms with Gasteiger partial charge in [-0.3, -0.25) is 19.2 Å². The monoisotopic (exact) mass is 494 g/mol. The number of hydrogen-bond acceptors (Lipinski definition) is 7. The molecule has 0 N–H and O–H groups in total. The second-order valence-corrected chi connectivity index (χ2v) is 9.48. The molecule has 0 spiro atoms. The number of hydrogen-bond donors (Lipinski definition) is 0. The smallest absolute Gasteiger partial charge is 0.293 e. The van der Waals surface area contributed by atoms with Gasteiger partial charge in [0.05, 0.1) is 15.5 Å². The Balaban J connectivity index is 2.37. The number of nitrogens with zero attached hydrogens (tertiary/aromatic N) is 2. The summed E-state index contributed by atoms with van der Waals surface area (Å²) in [5.74, 6) is -0.202. The third kappa shape index (κ3) is 3.98. The van der Waals surface area contributed by atoms with Crippen molar-refractivity contribution >= 4 is 59.2 Å². The summed E-state index contributed by atoms with van der Waals surface area (Å²) >= 11 is 6.59. The van der Waals surface area contributed by atoms with Crippen LogP contribution in [0.5, 0.6) is 0 Å². The zero-order valence-electron chi connectivity index (χ0n) is 13.0. The van der Waals surface area contributed by atoms with Crippen LogP contribution in [0.15, 0.2) is 46.0 Å². The summed E-state index contributed by atoms with van der Waals surface area (Å²) in [6.45, 7) is 3.21. The van der Waals surface area contributed by atoms with Crippen LogP contribution in [0.4, 0.5) is 5.69 Å². The van der Waals surface area contributed by atoms with E-state index in [-0.39, 0.29) is 17.2 Å². The van der Waals surface area contributed by atoms with Crippen LogP contribution >= 0.6 is 31.9 Å². The molecule has 1 aliphatic carbocycles. The maximum atomic E-state index is 12.2. The van der Waals surface area contributed by atoms with E-state index in [4.69, 9.17) is 4.28 Å². The van der Waals surface area contributed by atoms with E-state index in [0.717, 1.165) is 18.2 Å². The number of nitro groups is 1. The number of nitro benzene ring substituents is 1.